The summed E-state index contributed by atoms with van der Waals surface area (Å²) >= 11 is 0. The molecule has 0 saturated heterocycles. The first-order valence-corrected chi connectivity index (χ1v) is 6.23. The Labute approximate surface area is 105 Å². The Balaban J connectivity index is 2.09. The summed E-state index contributed by atoms with van der Waals surface area (Å²) in [7, 11) is 0. The Bertz CT molecular complexity index is 412. The Morgan fingerprint density at radius 3 is 2.94 bits per heavy atom. The largest absolute Gasteiger partial charge is 0.492 e. The van der Waals surface area contributed by atoms with E-state index in [1.54, 1.807) is 18.5 Å². The van der Waals surface area contributed by atoms with Crippen molar-refractivity contribution in [2.45, 2.75) is 38.2 Å². The van der Waals surface area contributed by atoms with Crippen molar-refractivity contribution in [3.63, 3.8) is 0 Å². The summed E-state index contributed by atoms with van der Waals surface area (Å²) in [6.45, 7) is 2.42. The fourth-order valence-corrected chi connectivity index (χ4v) is 2.43. The van der Waals surface area contributed by atoms with Gasteiger partial charge >= 0.3 is 0 Å². The lowest BCUT2D eigenvalue weighted by Crippen LogP contribution is -2.21. The van der Waals surface area contributed by atoms with E-state index in [1.807, 2.05) is 6.92 Å². The SMILES string of the molecule is CCOc1cncc(C(N)C2CCC(F)(F)C2)c1. The third-order valence-corrected chi connectivity index (χ3v) is 3.38. The Kier molecular flexibility index (Phi) is 3.80. The van der Waals surface area contributed by atoms with Crippen LogP contribution in [0.15, 0.2) is 18.5 Å². The predicted octanol–water partition coefficient (Wildman–Crippen LogP) is 2.92. The lowest BCUT2D eigenvalue weighted by atomic mass is 9.93. The molecule has 3 nitrogen and oxygen atoms in total. The summed E-state index contributed by atoms with van der Waals surface area (Å²) in [5.41, 5.74) is 6.82. The van der Waals surface area contributed by atoms with Crippen LogP contribution in [0.2, 0.25) is 0 Å². The van der Waals surface area contributed by atoms with Crippen molar-refractivity contribution < 1.29 is 13.5 Å². The second-order valence-electron chi connectivity index (χ2n) is 4.77. The number of alkyl halides is 2. The second-order valence-corrected chi connectivity index (χ2v) is 4.77. The van der Waals surface area contributed by atoms with Crippen LogP contribution in [-0.4, -0.2) is 17.5 Å². The molecule has 1 fully saturated rings. The van der Waals surface area contributed by atoms with Gasteiger partial charge in [-0.15, -0.1) is 0 Å². The van der Waals surface area contributed by atoms with Crippen LogP contribution in [0.25, 0.3) is 0 Å². The fraction of sp³-hybridized carbons (Fsp3) is 0.615. The Morgan fingerprint density at radius 1 is 1.56 bits per heavy atom. The number of halogens is 2. The van der Waals surface area contributed by atoms with Crippen LogP contribution >= 0.6 is 0 Å². The lowest BCUT2D eigenvalue weighted by molar-refractivity contribution is 0.00390. The maximum Gasteiger partial charge on any atom is 0.248 e. The number of hydrogen-bond donors (Lipinski definition) is 1. The Morgan fingerprint density at radius 2 is 2.33 bits per heavy atom. The van der Waals surface area contributed by atoms with E-state index in [0.717, 1.165) is 5.56 Å². The highest BCUT2D eigenvalue weighted by atomic mass is 19.3. The molecule has 0 spiro atoms. The zero-order chi connectivity index (χ0) is 13.2. The first-order valence-electron chi connectivity index (χ1n) is 6.23. The van der Waals surface area contributed by atoms with Gasteiger partial charge in [-0.25, -0.2) is 8.78 Å². The summed E-state index contributed by atoms with van der Waals surface area (Å²) < 4.78 is 31.7. The highest BCUT2D eigenvalue weighted by molar-refractivity contribution is 5.26. The van der Waals surface area contributed by atoms with Gasteiger partial charge in [0.2, 0.25) is 5.92 Å². The van der Waals surface area contributed by atoms with Crippen molar-refractivity contribution in [1.29, 1.82) is 0 Å². The quantitative estimate of drug-likeness (QED) is 0.901. The van der Waals surface area contributed by atoms with Gasteiger partial charge in [-0.1, -0.05) is 0 Å². The van der Waals surface area contributed by atoms with E-state index >= 15 is 0 Å². The van der Waals surface area contributed by atoms with Gasteiger partial charge in [-0.3, -0.25) is 4.98 Å². The van der Waals surface area contributed by atoms with Crippen LogP contribution < -0.4 is 10.5 Å². The summed E-state index contributed by atoms with van der Waals surface area (Å²) in [5.74, 6) is -2.11. The van der Waals surface area contributed by atoms with Gasteiger partial charge in [0.15, 0.2) is 0 Å². The van der Waals surface area contributed by atoms with E-state index in [9.17, 15) is 8.78 Å². The first kappa shape index (κ1) is 13.2. The lowest BCUT2D eigenvalue weighted by Gasteiger charge is -2.19. The molecule has 2 unspecified atom stereocenters. The number of nitrogens with zero attached hydrogens (tertiary/aromatic N) is 1. The maximum absolute atomic E-state index is 13.2. The number of hydrogen-bond acceptors (Lipinski definition) is 3. The fourth-order valence-electron chi connectivity index (χ4n) is 2.43. The summed E-state index contributed by atoms with van der Waals surface area (Å²) in [5, 5.41) is 0. The van der Waals surface area contributed by atoms with E-state index in [4.69, 9.17) is 10.5 Å². The molecule has 0 bridgehead atoms. The molecule has 1 aliphatic carbocycles. The van der Waals surface area contributed by atoms with Crippen LogP contribution in [-0.2, 0) is 0 Å². The molecule has 1 aliphatic rings. The minimum absolute atomic E-state index is 0.0655. The molecule has 18 heavy (non-hydrogen) atoms. The van der Waals surface area contributed by atoms with E-state index in [1.165, 1.54) is 0 Å². The molecule has 0 aliphatic heterocycles. The molecular weight excluding hydrogens is 238 g/mol. The van der Waals surface area contributed by atoms with Crippen LogP contribution in [0.3, 0.4) is 0 Å². The average Bonchev–Trinajstić information content (AvgIpc) is 2.70. The third-order valence-electron chi connectivity index (χ3n) is 3.38. The van der Waals surface area contributed by atoms with Gasteiger partial charge in [0, 0.05) is 25.1 Å². The van der Waals surface area contributed by atoms with Crippen molar-refractivity contribution in [1.82, 2.24) is 4.98 Å². The number of rotatable bonds is 4. The van der Waals surface area contributed by atoms with Crippen molar-refractivity contribution in [2.24, 2.45) is 11.7 Å². The molecule has 2 atom stereocenters. The van der Waals surface area contributed by atoms with Gasteiger partial charge in [0.1, 0.15) is 5.75 Å². The number of pyridine rings is 1. The van der Waals surface area contributed by atoms with Crippen molar-refractivity contribution in [3.05, 3.63) is 24.0 Å². The zero-order valence-electron chi connectivity index (χ0n) is 10.4. The van der Waals surface area contributed by atoms with Gasteiger partial charge in [-0.05, 0) is 30.9 Å². The topological polar surface area (TPSA) is 48.1 Å². The summed E-state index contributed by atoms with van der Waals surface area (Å²) in [4.78, 5) is 4.04. The standard InChI is InChI=1S/C13H18F2N2O/c1-2-18-11-5-10(7-17-8-11)12(16)9-3-4-13(14,15)6-9/h5,7-9,12H,2-4,6,16H2,1H3. The molecule has 5 heteroatoms. The normalized spacial score (nSPS) is 23.9. The van der Waals surface area contributed by atoms with E-state index in [-0.39, 0.29) is 18.8 Å². The molecule has 2 N–H and O–H groups in total. The van der Waals surface area contributed by atoms with Crippen LogP contribution in [0.1, 0.15) is 37.8 Å². The second kappa shape index (κ2) is 5.18. The van der Waals surface area contributed by atoms with Gasteiger partial charge in [-0.2, -0.15) is 0 Å². The summed E-state index contributed by atoms with van der Waals surface area (Å²) in [6, 6.07) is 1.39. The monoisotopic (exact) mass is 256 g/mol. The van der Waals surface area contributed by atoms with E-state index in [2.05, 4.69) is 4.98 Å². The van der Waals surface area contributed by atoms with Crippen molar-refractivity contribution in [2.75, 3.05) is 6.61 Å². The maximum atomic E-state index is 13.2. The smallest absolute Gasteiger partial charge is 0.248 e. The minimum atomic E-state index is -2.56. The van der Waals surface area contributed by atoms with Crippen molar-refractivity contribution in [3.8, 4) is 5.75 Å². The zero-order valence-corrected chi connectivity index (χ0v) is 10.4. The molecule has 1 heterocycles. The molecular formula is C13H18F2N2O. The summed E-state index contributed by atoms with van der Waals surface area (Å²) in [6.07, 6.45) is 3.50. The average molecular weight is 256 g/mol. The minimum Gasteiger partial charge on any atom is -0.492 e. The number of nitrogens with two attached hydrogens (primary N) is 1. The molecule has 100 valence electrons. The van der Waals surface area contributed by atoms with Crippen LogP contribution in [0.5, 0.6) is 5.75 Å². The van der Waals surface area contributed by atoms with Gasteiger partial charge in [0.05, 0.1) is 12.8 Å². The predicted molar refractivity (Wildman–Crippen MR) is 64.6 cm³/mol. The third kappa shape index (κ3) is 2.96. The number of ether oxygens (including phenoxy) is 1. The first-order chi connectivity index (χ1) is 8.52. The molecule has 1 aromatic heterocycles. The van der Waals surface area contributed by atoms with E-state index < -0.39 is 12.0 Å². The van der Waals surface area contributed by atoms with Gasteiger partial charge < -0.3 is 10.5 Å². The number of aromatic nitrogens is 1. The molecule has 0 amide bonds. The molecule has 2 rings (SSSR count). The van der Waals surface area contributed by atoms with E-state index in [0.29, 0.717) is 18.8 Å². The molecule has 1 aromatic rings. The molecule has 1 saturated carbocycles. The molecule has 0 aromatic carbocycles. The van der Waals surface area contributed by atoms with Crippen LogP contribution in [0, 0.1) is 5.92 Å². The van der Waals surface area contributed by atoms with Crippen molar-refractivity contribution >= 4 is 0 Å². The highest BCUT2D eigenvalue weighted by Crippen LogP contribution is 2.43. The van der Waals surface area contributed by atoms with Crippen LogP contribution in [0.4, 0.5) is 8.78 Å². The molecule has 0 radical (unpaired) electrons. The Hall–Kier alpha value is -1.23. The van der Waals surface area contributed by atoms with Gasteiger partial charge in [0.25, 0.3) is 0 Å². The highest BCUT2D eigenvalue weighted by Gasteiger charge is 2.41.